The van der Waals surface area contributed by atoms with E-state index in [2.05, 4.69) is 5.32 Å². The molecule has 1 atom stereocenters. The van der Waals surface area contributed by atoms with Crippen LogP contribution in [0.4, 0.5) is 4.79 Å². The van der Waals surface area contributed by atoms with Crippen LogP contribution < -0.4 is 5.32 Å². The zero-order chi connectivity index (χ0) is 9.10. The average Bonchev–Trinajstić information content (AvgIpc) is 2.54. The topological polar surface area (TPSA) is 50.8 Å². The van der Waals surface area contributed by atoms with Crippen LogP contribution in [0.3, 0.4) is 0 Å². The maximum absolute atomic E-state index is 11.2. The fourth-order valence-electron chi connectivity index (χ4n) is 1.57. The molecular formula is C8H14N2O3. The van der Waals surface area contributed by atoms with Crippen molar-refractivity contribution < 1.29 is 14.3 Å². The van der Waals surface area contributed by atoms with Crippen LogP contribution in [0.2, 0.25) is 0 Å². The van der Waals surface area contributed by atoms with Gasteiger partial charge in [0, 0.05) is 13.1 Å². The Balaban J connectivity index is 1.79. The van der Waals surface area contributed by atoms with Crippen molar-refractivity contribution in [3.8, 4) is 0 Å². The summed E-state index contributed by atoms with van der Waals surface area (Å²) >= 11 is 0. The summed E-state index contributed by atoms with van der Waals surface area (Å²) in [4.78, 5) is 12.9. The molecule has 1 unspecified atom stereocenters. The monoisotopic (exact) mass is 186 g/mol. The van der Waals surface area contributed by atoms with E-state index >= 15 is 0 Å². The summed E-state index contributed by atoms with van der Waals surface area (Å²) in [6.45, 7) is 4.07. The Labute approximate surface area is 77.0 Å². The van der Waals surface area contributed by atoms with Gasteiger partial charge in [0.1, 0.15) is 0 Å². The number of amides is 2. The molecule has 1 N–H and O–H groups in total. The summed E-state index contributed by atoms with van der Waals surface area (Å²) < 4.78 is 10.7. The Morgan fingerprint density at radius 3 is 3.08 bits per heavy atom. The van der Waals surface area contributed by atoms with Crippen molar-refractivity contribution in [2.75, 3.05) is 39.5 Å². The molecule has 0 aromatic carbocycles. The molecule has 0 aromatic rings. The molecule has 2 heterocycles. The number of hydrogen-bond acceptors (Lipinski definition) is 3. The second-order valence-corrected chi connectivity index (χ2v) is 3.25. The predicted molar refractivity (Wildman–Crippen MR) is 45.5 cm³/mol. The van der Waals surface area contributed by atoms with Gasteiger partial charge in [-0.1, -0.05) is 0 Å². The normalized spacial score (nSPS) is 29.1. The van der Waals surface area contributed by atoms with E-state index in [4.69, 9.17) is 9.47 Å². The highest BCUT2D eigenvalue weighted by Gasteiger charge is 2.24. The van der Waals surface area contributed by atoms with Crippen molar-refractivity contribution in [1.82, 2.24) is 10.2 Å². The molecule has 0 radical (unpaired) electrons. The first-order valence-electron chi connectivity index (χ1n) is 4.58. The zero-order valence-corrected chi connectivity index (χ0v) is 7.49. The molecule has 2 aliphatic rings. The second kappa shape index (κ2) is 3.93. The van der Waals surface area contributed by atoms with Gasteiger partial charge in [0.05, 0.1) is 32.5 Å². The molecule has 0 spiro atoms. The van der Waals surface area contributed by atoms with Gasteiger partial charge >= 0.3 is 6.03 Å². The number of nitrogens with one attached hydrogen (secondary N) is 1. The molecular weight excluding hydrogens is 172 g/mol. The largest absolute Gasteiger partial charge is 0.376 e. The van der Waals surface area contributed by atoms with Gasteiger partial charge in [-0.3, -0.25) is 0 Å². The molecule has 2 fully saturated rings. The third-order valence-electron chi connectivity index (χ3n) is 2.25. The molecule has 2 amide bonds. The van der Waals surface area contributed by atoms with Gasteiger partial charge in [-0.15, -0.1) is 0 Å². The zero-order valence-electron chi connectivity index (χ0n) is 7.49. The fourth-order valence-corrected chi connectivity index (χ4v) is 1.57. The minimum absolute atomic E-state index is 0.00849. The molecule has 0 aromatic heterocycles. The SMILES string of the molecule is O=C1NCCN1CC1COCCO1. The van der Waals surface area contributed by atoms with Crippen LogP contribution in [-0.2, 0) is 9.47 Å². The Hall–Kier alpha value is -0.810. The lowest BCUT2D eigenvalue weighted by molar-refractivity contribution is -0.0931. The van der Waals surface area contributed by atoms with Crippen molar-refractivity contribution in [3.63, 3.8) is 0 Å². The van der Waals surface area contributed by atoms with E-state index < -0.39 is 0 Å². The molecule has 74 valence electrons. The Bertz CT molecular complexity index is 192. The number of carbonyl (C=O) groups is 1. The first kappa shape index (κ1) is 8.77. The highest BCUT2D eigenvalue weighted by molar-refractivity contribution is 5.76. The number of rotatable bonds is 2. The van der Waals surface area contributed by atoms with E-state index in [0.717, 1.165) is 13.1 Å². The number of ether oxygens (including phenoxy) is 2. The third-order valence-corrected chi connectivity index (χ3v) is 2.25. The van der Waals surface area contributed by atoms with Crippen LogP contribution in [0.15, 0.2) is 0 Å². The third kappa shape index (κ3) is 2.10. The first-order chi connectivity index (χ1) is 6.36. The predicted octanol–water partition coefficient (Wildman–Crippen LogP) is -0.573. The lowest BCUT2D eigenvalue weighted by Gasteiger charge is -2.26. The molecule has 2 rings (SSSR count). The number of hydrogen-bond donors (Lipinski definition) is 1. The molecule has 2 saturated heterocycles. The van der Waals surface area contributed by atoms with Crippen molar-refractivity contribution >= 4 is 6.03 Å². The fraction of sp³-hybridized carbons (Fsp3) is 0.875. The molecule has 0 saturated carbocycles. The Morgan fingerprint density at radius 2 is 2.46 bits per heavy atom. The van der Waals surface area contributed by atoms with Crippen LogP contribution in [-0.4, -0.2) is 56.5 Å². The van der Waals surface area contributed by atoms with Gasteiger partial charge in [-0.2, -0.15) is 0 Å². The maximum Gasteiger partial charge on any atom is 0.317 e. The molecule has 5 heteroatoms. The first-order valence-corrected chi connectivity index (χ1v) is 4.58. The van der Waals surface area contributed by atoms with Crippen molar-refractivity contribution in [3.05, 3.63) is 0 Å². The van der Waals surface area contributed by atoms with Crippen LogP contribution in [0.5, 0.6) is 0 Å². The second-order valence-electron chi connectivity index (χ2n) is 3.25. The quantitative estimate of drug-likeness (QED) is 0.628. The Morgan fingerprint density at radius 1 is 1.54 bits per heavy atom. The van der Waals surface area contributed by atoms with Gasteiger partial charge in [-0.25, -0.2) is 4.79 Å². The Kier molecular flexibility index (Phi) is 2.65. The van der Waals surface area contributed by atoms with E-state index in [0.29, 0.717) is 26.4 Å². The summed E-state index contributed by atoms with van der Waals surface area (Å²) in [5.74, 6) is 0. The minimum Gasteiger partial charge on any atom is -0.376 e. The van der Waals surface area contributed by atoms with E-state index in [1.807, 2.05) is 0 Å². The molecule has 2 aliphatic heterocycles. The van der Waals surface area contributed by atoms with Crippen LogP contribution in [0, 0.1) is 0 Å². The summed E-state index contributed by atoms with van der Waals surface area (Å²) in [5.41, 5.74) is 0. The van der Waals surface area contributed by atoms with Crippen molar-refractivity contribution in [1.29, 1.82) is 0 Å². The van der Waals surface area contributed by atoms with Crippen molar-refractivity contribution in [2.45, 2.75) is 6.10 Å². The van der Waals surface area contributed by atoms with Crippen molar-refractivity contribution in [2.24, 2.45) is 0 Å². The van der Waals surface area contributed by atoms with Crippen LogP contribution in [0.1, 0.15) is 0 Å². The highest BCUT2D eigenvalue weighted by atomic mass is 16.6. The molecule has 13 heavy (non-hydrogen) atoms. The molecule has 5 nitrogen and oxygen atoms in total. The smallest absolute Gasteiger partial charge is 0.317 e. The lowest BCUT2D eigenvalue weighted by Crippen LogP contribution is -2.41. The average molecular weight is 186 g/mol. The highest BCUT2D eigenvalue weighted by Crippen LogP contribution is 2.05. The van der Waals surface area contributed by atoms with Gasteiger partial charge < -0.3 is 19.7 Å². The minimum atomic E-state index is 0.00849. The number of carbonyl (C=O) groups excluding carboxylic acids is 1. The number of urea groups is 1. The van der Waals surface area contributed by atoms with Gasteiger partial charge in [-0.05, 0) is 0 Å². The number of nitrogens with zero attached hydrogens (tertiary/aromatic N) is 1. The van der Waals surface area contributed by atoms with Gasteiger partial charge in [0.25, 0.3) is 0 Å². The standard InChI is InChI=1S/C8H14N2O3/c11-8-9-1-2-10(8)5-7-6-12-3-4-13-7/h7H,1-6H2,(H,9,11). The summed E-state index contributed by atoms with van der Waals surface area (Å²) in [5, 5.41) is 2.75. The summed E-state index contributed by atoms with van der Waals surface area (Å²) in [6.07, 6.45) is 0.0533. The molecule has 0 aliphatic carbocycles. The maximum atomic E-state index is 11.2. The van der Waals surface area contributed by atoms with Crippen LogP contribution in [0.25, 0.3) is 0 Å². The summed E-state index contributed by atoms with van der Waals surface area (Å²) in [6, 6.07) is 0.00849. The van der Waals surface area contributed by atoms with Gasteiger partial charge in [0.15, 0.2) is 0 Å². The molecule has 0 bridgehead atoms. The van der Waals surface area contributed by atoms with Crippen LogP contribution >= 0.6 is 0 Å². The van der Waals surface area contributed by atoms with Gasteiger partial charge in [0.2, 0.25) is 0 Å². The van der Waals surface area contributed by atoms with E-state index in [9.17, 15) is 4.79 Å². The van der Waals surface area contributed by atoms with E-state index in [1.165, 1.54) is 0 Å². The lowest BCUT2D eigenvalue weighted by atomic mass is 10.3. The van der Waals surface area contributed by atoms with E-state index in [1.54, 1.807) is 4.90 Å². The van der Waals surface area contributed by atoms with E-state index in [-0.39, 0.29) is 12.1 Å². The summed E-state index contributed by atoms with van der Waals surface area (Å²) in [7, 11) is 0.